The maximum absolute atomic E-state index is 12.9. The van der Waals surface area contributed by atoms with E-state index in [2.05, 4.69) is 12.2 Å². The second kappa shape index (κ2) is 39.4. The third kappa shape index (κ3) is 41.2. The van der Waals surface area contributed by atoms with Crippen LogP contribution in [0.25, 0.3) is 0 Å². The lowest BCUT2D eigenvalue weighted by Gasteiger charge is -2.29. The van der Waals surface area contributed by atoms with E-state index < -0.39 is 78.0 Å². The van der Waals surface area contributed by atoms with Crippen molar-refractivity contribution in [3.8, 4) is 0 Å². The molecule has 0 saturated carbocycles. The van der Waals surface area contributed by atoms with E-state index in [1.165, 1.54) is 57.4 Å². The first kappa shape index (κ1) is 31.8. The summed E-state index contributed by atoms with van der Waals surface area (Å²) in [5.41, 5.74) is 0. The third-order valence-electron chi connectivity index (χ3n) is 9.35. The molecule has 9 heteroatoms. The Morgan fingerprint density at radius 3 is 1.79 bits per heavy atom. The predicted molar refractivity (Wildman–Crippen MR) is 238 cm³/mol. The maximum Gasteiger partial charge on any atom is 0.268 e. The monoisotopic (exact) mass is 830 g/mol. The summed E-state index contributed by atoms with van der Waals surface area (Å²) < 4.78 is 159. The van der Waals surface area contributed by atoms with E-state index in [0.29, 0.717) is 29.9 Å². The minimum absolute atomic E-state index is 0.0703. The molecule has 0 bridgehead atoms. The van der Waals surface area contributed by atoms with Crippen molar-refractivity contribution in [2.75, 3.05) is 40.9 Å². The van der Waals surface area contributed by atoms with Crippen LogP contribution < -0.4 is 10.2 Å². The standard InChI is InChI=1S/C47H93N2O6P/c1-6-8-10-12-14-16-18-20-21-22-23-24-25-26-27-29-31-33-35-37-39-41-47(51)48-45(44-55-56(52,53)54-43-42-49(3,4)5)46(50)40-38-36-34-32-30-28-19-17-15-13-11-9-7-2/h20-21,38,40,45-46,50H,6-19,22-37,39,41-44H2,1-5H3,(H-,48,51,52,53)/b21-20-,40-38+/t45-,46+/m0/s1/i1D3,6D2,8D2,10D2,12D2,14D2,16D2,18D2. The molecule has 3 atom stereocenters. The van der Waals surface area contributed by atoms with Gasteiger partial charge in [-0.15, -0.1) is 0 Å². The molecule has 56 heavy (non-hydrogen) atoms. The number of hydrogen-bond donors (Lipinski definition) is 2. The van der Waals surface area contributed by atoms with Crippen molar-refractivity contribution < 1.29 is 56.2 Å². The fourth-order valence-electron chi connectivity index (χ4n) is 5.92. The Morgan fingerprint density at radius 2 is 1.23 bits per heavy atom. The van der Waals surface area contributed by atoms with E-state index in [4.69, 9.17) is 32.4 Å². The summed E-state index contributed by atoms with van der Waals surface area (Å²) in [5.74, 6) is -0.317. The van der Waals surface area contributed by atoms with Crippen LogP contribution in [0.5, 0.6) is 0 Å². The number of aliphatic hydroxyl groups excluding tert-OH is 1. The Kier molecular flexibility index (Phi) is 22.4. The molecule has 0 fully saturated rings. The highest BCUT2D eigenvalue weighted by molar-refractivity contribution is 7.45. The van der Waals surface area contributed by atoms with Crippen molar-refractivity contribution in [1.82, 2.24) is 5.32 Å². The number of rotatable bonds is 43. The van der Waals surface area contributed by atoms with E-state index in [1.807, 2.05) is 27.2 Å². The summed E-state index contributed by atoms with van der Waals surface area (Å²) in [7, 11) is 1.02. The molecule has 1 unspecified atom stereocenters. The molecule has 0 aromatic rings. The van der Waals surface area contributed by atoms with Crippen molar-refractivity contribution in [3.05, 3.63) is 24.3 Å². The molecule has 0 aliphatic carbocycles. The summed E-state index contributed by atoms with van der Waals surface area (Å²) in [4.78, 5) is 25.4. The van der Waals surface area contributed by atoms with E-state index >= 15 is 0 Å². The fourth-order valence-corrected chi connectivity index (χ4v) is 6.64. The Hall–Kier alpha value is -1.02. The Balaban J connectivity index is 4.83. The Bertz CT molecular complexity index is 1650. The number of carbonyl (C=O) groups is 1. The third-order valence-corrected chi connectivity index (χ3v) is 10.3. The molecule has 0 aromatic heterocycles. The van der Waals surface area contributed by atoms with Crippen LogP contribution in [0.1, 0.15) is 242 Å². The maximum atomic E-state index is 12.9. The predicted octanol–water partition coefficient (Wildman–Crippen LogP) is 12.7. The average molecular weight is 830 g/mol. The number of aliphatic hydroxyl groups is 1. The molecule has 0 aliphatic heterocycles. The van der Waals surface area contributed by atoms with Gasteiger partial charge in [-0.3, -0.25) is 9.36 Å². The van der Waals surface area contributed by atoms with Gasteiger partial charge in [0, 0.05) is 29.7 Å². The summed E-state index contributed by atoms with van der Waals surface area (Å²) in [6.07, 6.45) is 0.365. The first-order valence-corrected chi connectivity index (χ1v) is 23.1. The van der Waals surface area contributed by atoms with Gasteiger partial charge in [-0.1, -0.05) is 192 Å². The lowest BCUT2D eigenvalue weighted by Crippen LogP contribution is -2.45. The highest BCUT2D eigenvalue weighted by atomic mass is 31.2. The number of phosphoric ester groups is 1. The van der Waals surface area contributed by atoms with Crippen LogP contribution in [0.15, 0.2) is 24.3 Å². The summed E-state index contributed by atoms with van der Waals surface area (Å²) in [6, 6.07) is -0.992. The van der Waals surface area contributed by atoms with Crippen LogP contribution in [-0.4, -0.2) is 68.5 Å². The zero-order chi connectivity index (χ0) is 56.5. The molecule has 0 aromatic carbocycles. The van der Waals surface area contributed by atoms with Crippen LogP contribution >= 0.6 is 7.82 Å². The van der Waals surface area contributed by atoms with E-state index in [1.54, 1.807) is 6.08 Å². The van der Waals surface area contributed by atoms with Crippen LogP contribution in [0.4, 0.5) is 0 Å². The van der Waals surface area contributed by atoms with Gasteiger partial charge in [0.25, 0.3) is 7.82 Å². The quantitative estimate of drug-likeness (QED) is 0.0274. The minimum Gasteiger partial charge on any atom is -0.756 e. The van der Waals surface area contributed by atoms with Gasteiger partial charge in [-0.2, -0.15) is 0 Å². The lowest BCUT2D eigenvalue weighted by molar-refractivity contribution is -0.870. The van der Waals surface area contributed by atoms with Crippen molar-refractivity contribution in [1.29, 1.82) is 0 Å². The highest BCUT2D eigenvalue weighted by Crippen LogP contribution is 2.38. The van der Waals surface area contributed by atoms with Crippen molar-refractivity contribution >= 4 is 13.7 Å². The number of phosphoric acid groups is 1. The van der Waals surface area contributed by atoms with Crippen molar-refractivity contribution in [3.63, 3.8) is 0 Å². The van der Waals surface area contributed by atoms with Gasteiger partial charge < -0.3 is 28.8 Å². The number of nitrogens with zero attached hydrogens (tertiary/aromatic N) is 1. The van der Waals surface area contributed by atoms with Gasteiger partial charge >= 0.3 is 0 Å². The molecule has 0 radical (unpaired) electrons. The number of quaternary nitrogens is 1. The summed E-state index contributed by atoms with van der Waals surface area (Å²) in [5, 5.41) is 13.7. The van der Waals surface area contributed by atoms with Crippen LogP contribution in [0.2, 0.25) is 0 Å². The first-order chi connectivity index (χ1) is 33.4. The highest BCUT2D eigenvalue weighted by Gasteiger charge is 2.23. The molecule has 0 heterocycles. The summed E-state index contributed by atoms with van der Waals surface area (Å²) in [6.45, 7) is -1.70. The molecule has 0 aliphatic rings. The largest absolute Gasteiger partial charge is 0.756 e. The van der Waals surface area contributed by atoms with E-state index in [0.717, 1.165) is 83.5 Å². The number of nitrogens with one attached hydrogen (secondary N) is 1. The van der Waals surface area contributed by atoms with Crippen molar-refractivity contribution in [2.45, 2.75) is 231 Å². The normalized spacial score (nSPS) is 21.0. The zero-order valence-electron chi connectivity index (χ0n) is 52.6. The molecular weight excluding hydrogens is 719 g/mol. The van der Waals surface area contributed by atoms with Gasteiger partial charge in [0.05, 0.1) is 39.9 Å². The fraction of sp³-hybridized carbons (Fsp3) is 0.894. The zero-order valence-corrected chi connectivity index (χ0v) is 36.5. The molecule has 8 nitrogen and oxygen atoms in total. The molecular formula is C47H93N2O6P. The lowest BCUT2D eigenvalue weighted by atomic mass is 10.0. The number of hydrogen-bond acceptors (Lipinski definition) is 6. The van der Waals surface area contributed by atoms with Crippen molar-refractivity contribution in [2.24, 2.45) is 0 Å². The molecule has 0 rings (SSSR count). The second-order valence-electron chi connectivity index (χ2n) is 15.7. The van der Waals surface area contributed by atoms with Gasteiger partial charge in [-0.05, 0) is 44.8 Å². The minimum atomic E-state index is -4.68. The molecule has 2 N–H and O–H groups in total. The second-order valence-corrected chi connectivity index (χ2v) is 17.1. The van der Waals surface area contributed by atoms with Gasteiger partial charge in [0.2, 0.25) is 5.91 Å². The molecule has 0 saturated heterocycles. The number of carbonyl (C=O) groups excluding carboxylic acids is 1. The molecule has 0 spiro atoms. The Morgan fingerprint density at radius 1 is 0.732 bits per heavy atom. The van der Waals surface area contributed by atoms with E-state index in [9.17, 15) is 19.4 Å². The number of allylic oxidation sites excluding steroid dienone is 3. The first-order valence-electron chi connectivity index (χ1n) is 30.1. The number of likely N-dealkylation sites (N-methyl/N-ethyl adjacent to an activating group) is 1. The number of amides is 1. The van der Waals surface area contributed by atoms with Crippen LogP contribution in [0.3, 0.4) is 0 Å². The number of unbranched alkanes of at least 4 members (excludes halogenated alkanes) is 22. The SMILES string of the molecule is [2H]C([2H])([2H])C([2H])([2H])C([2H])([2H])C([2H])([2H])C([2H])([2H])C([2H])([2H])C([2H])([2H])C([2H])([2H])/C=C\CCCCCCCCCCCCCC(=O)N[C@@H](COP(=O)([O-])OCC[N+](C)(C)C)[C@H](O)/C=C/CCCCCCCCCCCCC. The molecule has 332 valence electrons. The smallest absolute Gasteiger partial charge is 0.268 e. The topological polar surface area (TPSA) is 108 Å². The van der Waals surface area contributed by atoms with Crippen LogP contribution in [-0.2, 0) is 18.4 Å². The Labute approximate surface area is 371 Å². The average Bonchev–Trinajstić information content (AvgIpc) is 3.26. The van der Waals surface area contributed by atoms with E-state index in [-0.39, 0.29) is 25.4 Å². The van der Waals surface area contributed by atoms with Gasteiger partial charge in [-0.25, -0.2) is 0 Å². The molecule has 1 amide bonds. The van der Waals surface area contributed by atoms with Gasteiger partial charge in [0.1, 0.15) is 13.2 Å². The summed E-state index contributed by atoms with van der Waals surface area (Å²) >= 11 is 0. The van der Waals surface area contributed by atoms with Crippen LogP contribution in [0, 0.1) is 0 Å². The van der Waals surface area contributed by atoms with Gasteiger partial charge in [0.15, 0.2) is 0 Å².